The number of carboxylic acid groups (broad SMARTS) is 1. The Hall–Kier alpha value is -0.710. The van der Waals surface area contributed by atoms with E-state index in [1.807, 2.05) is 11.9 Å². The van der Waals surface area contributed by atoms with Crippen molar-refractivity contribution in [2.24, 2.45) is 4.99 Å². The topological polar surface area (TPSA) is 52.9 Å². The summed E-state index contributed by atoms with van der Waals surface area (Å²) in [6, 6.07) is -0.700. The number of nitrogens with zero attached hydrogens (tertiary/aromatic N) is 2. The smallest absolute Gasteiger partial charge is 0.329 e. The van der Waals surface area contributed by atoms with Gasteiger partial charge in [-0.2, -0.15) is 12.6 Å². The molecule has 1 aliphatic rings. The van der Waals surface area contributed by atoms with E-state index in [9.17, 15) is 4.79 Å². The summed E-state index contributed by atoms with van der Waals surface area (Å²) < 4.78 is 0. The average Bonchev–Trinajstić information content (AvgIpc) is 2.16. The van der Waals surface area contributed by atoms with Crippen molar-refractivity contribution in [2.75, 3.05) is 19.3 Å². The van der Waals surface area contributed by atoms with Crippen molar-refractivity contribution in [3.8, 4) is 0 Å². The van der Waals surface area contributed by atoms with Crippen LogP contribution in [0.1, 0.15) is 19.3 Å². The first-order valence-electron chi connectivity index (χ1n) is 4.76. The van der Waals surface area contributed by atoms with E-state index in [4.69, 9.17) is 5.11 Å². The summed E-state index contributed by atoms with van der Waals surface area (Å²) in [7, 11) is 1.95. The lowest BCUT2D eigenvalue weighted by atomic mass is 10.1. The van der Waals surface area contributed by atoms with Gasteiger partial charge in [0.25, 0.3) is 0 Å². The van der Waals surface area contributed by atoms with Gasteiger partial charge < -0.3 is 10.0 Å². The quantitative estimate of drug-likeness (QED) is 0.689. The van der Waals surface area contributed by atoms with E-state index in [1.165, 1.54) is 0 Å². The molecule has 4 nitrogen and oxygen atoms in total. The minimum Gasteiger partial charge on any atom is -0.480 e. The Bertz CT molecular complexity index is 243. The fraction of sp³-hybridized carbons (Fsp3) is 0.778. The van der Waals surface area contributed by atoms with Crippen molar-refractivity contribution >= 4 is 24.4 Å². The van der Waals surface area contributed by atoms with Crippen LogP contribution in [-0.2, 0) is 4.79 Å². The first-order valence-corrected chi connectivity index (χ1v) is 5.40. The third kappa shape index (κ3) is 2.90. The zero-order chi connectivity index (χ0) is 10.6. The molecule has 1 N–H and O–H groups in total. The van der Waals surface area contributed by atoms with E-state index in [0.717, 1.165) is 31.6 Å². The van der Waals surface area contributed by atoms with E-state index in [0.29, 0.717) is 0 Å². The Morgan fingerprint density at radius 1 is 1.71 bits per heavy atom. The number of rotatable bonds is 3. The number of piperidine rings is 1. The molecule has 0 bridgehead atoms. The Balaban J connectivity index is 2.67. The number of hydrogen-bond acceptors (Lipinski definition) is 3. The van der Waals surface area contributed by atoms with Crippen LogP contribution in [0.4, 0.5) is 0 Å². The van der Waals surface area contributed by atoms with Crippen LogP contribution in [0.5, 0.6) is 0 Å². The first kappa shape index (κ1) is 11.4. The summed E-state index contributed by atoms with van der Waals surface area (Å²) in [6.45, 7) is 0.970. The van der Waals surface area contributed by atoms with Crippen molar-refractivity contribution in [1.82, 2.24) is 4.90 Å². The van der Waals surface area contributed by atoms with Gasteiger partial charge in [-0.25, -0.2) is 4.79 Å². The lowest BCUT2D eigenvalue weighted by Gasteiger charge is -2.26. The van der Waals surface area contributed by atoms with Gasteiger partial charge in [0.2, 0.25) is 0 Å². The molecule has 0 radical (unpaired) electrons. The van der Waals surface area contributed by atoms with Gasteiger partial charge in [0.1, 0.15) is 0 Å². The molecule has 80 valence electrons. The van der Waals surface area contributed by atoms with Crippen LogP contribution < -0.4 is 0 Å². The molecule has 1 aliphatic heterocycles. The fourth-order valence-corrected chi connectivity index (χ4v) is 1.71. The molecule has 14 heavy (non-hydrogen) atoms. The minimum absolute atomic E-state index is 0.257. The Labute approximate surface area is 89.4 Å². The molecule has 0 amide bonds. The van der Waals surface area contributed by atoms with Crippen molar-refractivity contribution in [2.45, 2.75) is 25.3 Å². The van der Waals surface area contributed by atoms with Crippen LogP contribution in [0.25, 0.3) is 0 Å². The number of carbonyl (C=O) groups is 1. The minimum atomic E-state index is -0.897. The van der Waals surface area contributed by atoms with E-state index >= 15 is 0 Å². The van der Waals surface area contributed by atoms with Gasteiger partial charge in [0, 0.05) is 25.8 Å². The molecule has 0 aromatic carbocycles. The highest BCUT2D eigenvalue weighted by molar-refractivity contribution is 7.80. The molecule has 1 rings (SSSR count). The van der Waals surface area contributed by atoms with Gasteiger partial charge >= 0.3 is 5.97 Å². The van der Waals surface area contributed by atoms with Gasteiger partial charge in [0.05, 0.1) is 5.84 Å². The van der Waals surface area contributed by atoms with Crippen molar-refractivity contribution in [3.05, 3.63) is 0 Å². The molecule has 0 unspecified atom stereocenters. The molecule has 5 heteroatoms. The predicted molar refractivity (Wildman–Crippen MR) is 59.2 cm³/mol. The largest absolute Gasteiger partial charge is 0.480 e. The molecular weight excluding hydrogens is 200 g/mol. The summed E-state index contributed by atoms with van der Waals surface area (Å²) in [6.07, 6.45) is 3.14. The summed E-state index contributed by atoms with van der Waals surface area (Å²) >= 11 is 3.98. The monoisotopic (exact) mass is 216 g/mol. The number of carboxylic acids is 1. The van der Waals surface area contributed by atoms with E-state index in [2.05, 4.69) is 17.6 Å². The Kier molecular flexibility index (Phi) is 4.25. The SMILES string of the molecule is CN1CCCCC1=N[C@H](CS)C(=O)O. The van der Waals surface area contributed by atoms with Crippen molar-refractivity contribution < 1.29 is 9.90 Å². The van der Waals surface area contributed by atoms with Crippen LogP contribution >= 0.6 is 12.6 Å². The van der Waals surface area contributed by atoms with Crippen LogP contribution in [0.2, 0.25) is 0 Å². The second-order valence-electron chi connectivity index (χ2n) is 3.46. The lowest BCUT2D eigenvalue weighted by molar-refractivity contribution is -0.137. The van der Waals surface area contributed by atoms with Crippen molar-refractivity contribution in [3.63, 3.8) is 0 Å². The lowest BCUT2D eigenvalue weighted by Crippen LogP contribution is -2.34. The third-order valence-electron chi connectivity index (χ3n) is 2.35. The maximum atomic E-state index is 10.7. The molecule has 1 heterocycles. The molecule has 0 aromatic rings. The molecule has 0 aliphatic carbocycles. The van der Waals surface area contributed by atoms with E-state index < -0.39 is 12.0 Å². The highest BCUT2D eigenvalue weighted by Crippen LogP contribution is 2.11. The van der Waals surface area contributed by atoms with Crippen LogP contribution in [0, 0.1) is 0 Å². The number of likely N-dealkylation sites (tertiary alicyclic amines) is 1. The van der Waals surface area contributed by atoms with E-state index in [1.54, 1.807) is 0 Å². The second kappa shape index (κ2) is 5.24. The van der Waals surface area contributed by atoms with Crippen LogP contribution in [-0.4, -0.2) is 47.2 Å². The zero-order valence-electron chi connectivity index (χ0n) is 8.31. The highest BCUT2D eigenvalue weighted by atomic mass is 32.1. The average molecular weight is 216 g/mol. The molecule has 0 saturated carbocycles. The number of aliphatic imine (C=N–C) groups is 1. The maximum absolute atomic E-state index is 10.7. The van der Waals surface area contributed by atoms with Gasteiger partial charge in [-0.05, 0) is 12.8 Å². The van der Waals surface area contributed by atoms with Gasteiger partial charge in [-0.3, -0.25) is 4.99 Å². The first-order chi connectivity index (χ1) is 6.65. The summed E-state index contributed by atoms with van der Waals surface area (Å²) in [5.74, 6) is 0.260. The van der Waals surface area contributed by atoms with Crippen LogP contribution in [0.15, 0.2) is 4.99 Å². The predicted octanol–water partition coefficient (Wildman–Crippen LogP) is 0.884. The standard InChI is InChI=1S/C9H16N2O2S/c1-11-5-3-2-4-8(11)10-7(6-14)9(12)13/h7,14H,2-6H2,1H3,(H,12,13)/t7-/m1/s1. The molecule has 1 atom stereocenters. The number of thiol groups is 1. The van der Waals surface area contributed by atoms with Crippen LogP contribution in [0.3, 0.4) is 0 Å². The number of aliphatic carboxylic acids is 1. The van der Waals surface area contributed by atoms with E-state index in [-0.39, 0.29) is 5.75 Å². The normalized spacial score (nSPS) is 22.4. The summed E-state index contributed by atoms with van der Waals surface area (Å²) in [4.78, 5) is 17.0. The van der Waals surface area contributed by atoms with Gasteiger partial charge in [0.15, 0.2) is 6.04 Å². The zero-order valence-corrected chi connectivity index (χ0v) is 9.20. The molecule has 1 saturated heterocycles. The number of amidine groups is 1. The second-order valence-corrected chi connectivity index (χ2v) is 3.83. The highest BCUT2D eigenvalue weighted by Gasteiger charge is 2.18. The van der Waals surface area contributed by atoms with Gasteiger partial charge in [-0.1, -0.05) is 0 Å². The fourth-order valence-electron chi connectivity index (χ4n) is 1.47. The van der Waals surface area contributed by atoms with Gasteiger partial charge in [-0.15, -0.1) is 0 Å². The number of hydrogen-bond donors (Lipinski definition) is 2. The molecule has 0 spiro atoms. The molecule has 0 aromatic heterocycles. The maximum Gasteiger partial charge on any atom is 0.329 e. The molecular formula is C9H16N2O2S. The van der Waals surface area contributed by atoms with Crippen molar-refractivity contribution in [1.29, 1.82) is 0 Å². The Morgan fingerprint density at radius 2 is 2.43 bits per heavy atom. The summed E-state index contributed by atoms with van der Waals surface area (Å²) in [5.41, 5.74) is 0. The Morgan fingerprint density at radius 3 is 2.93 bits per heavy atom. The summed E-state index contributed by atoms with van der Waals surface area (Å²) in [5, 5.41) is 8.82. The molecule has 1 fully saturated rings. The third-order valence-corrected chi connectivity index (χ3v) is 2.69.